The fourth-order valence-corrected chi connectivity index (χ4v) is 25.7. The van der Waals surface area contributed by atoms with Crippen LogP contribution in [-0.4, -0.2) is 0 Å². The number of fused-ring (bicyclic) bond motifs is 36. The van der Waals surface area contributed by atoms with Crippen molar-refractivity contribution in [2.75, 3.05) is 16.0 Å². The van der Waals surface area contributed by atoms with Gasteiger partial charge in [-0.2, -0.15) is 0 Å². The molecule has 21 aromatic rings. The van der Waals surface area contributed by atoms with Gasteiger partial charge in [0, 0.05) is 88.6 Å². The Morgan fingerprint density at radius 2 is 0.512 bits per heavy atom. The highest BCUT2D eigenvalue weighted by Gasteiger charge is 2.54. The Balaban J connectivity index is 0.000000102. The summed E-state index contributed by atoms with van der Waals surface area (Å²) < 4.78 is 15.0. The van der Waals surface area contributed by atoms with Crippen molar-refractivity contribution in [2.24, 2.45) is 0 Å². The third-order valence-electron chi connectivity index (χ3n) is 25.6. The second-order valence-corrected chi connectivity index (χ2v) is 36.0. The number of hydrogen-bond donors (Lipinski definition) is 3. The van der Waals surface area contributed by atoms with Crippen molar-refractivity contribution >= 4 is 145 Å². The van der Waals surface area contributed by atoms with Crippen molar-refractivity contribution < 1.29 is 8.83 Å². The molecule has 0 fully saturated rings. The molecule has 5 nitrogen and oxygen atoms in total. The Bertz CT molecular complexity index is 7440. The number of para-hydroxylation sites is 2. The summed E-state index contributed by atoms with van der Waals surface area (Å²) in [5.74, 6) is 0. The van der Waals surface area contributed by atoms with E-state index >= 15 is 0 Å². The van der Waals surface area contributed by atoms with Gasteiger partial charge in [0.25, 0.3) is 0 Å². The monoisotopic (exact) mass is 1620 g/mol. The summed E-state index contributed by atoms with van der Waals surface area (Å²) in [6, 6.07) is 146. The third kappa shape index (κ3) is 10.5. The largest absolute Gasteiger partial charge is 0.456 e. The van der Waals surface area contributed by atoms with Gasteiger partial charge in [-0.1, -0.05) is 322 Å². The van der Waals surface area contributed by atoms with Gasteiger partial charge in [-0.05, 0) is 216 Å². The number of rotatable bonds is 6. The van der Waals surface area contributed by atoms with Crippen LogP contribution in [0.3, 0.4) is 0 Å². The van der Waals surface area contributed by atoms with Crippen molar-refractivity contribution in [1.29, 1.82) is 0 Å². The zero-order chi connectivity index (χ0) is 78.8. The summed E-state index contributed by atoms with van der Waals surface area (Å²) in [6.45, 7) is 0. The van der Waals surface area contributed by atoms with Crippen molar-refractivity contribution in [3.05, 3.63) is 467 Å². The van der Waals surface area contributed by atoms with Gasteiger partial charge in [-0.3, -0.25) is 0 Å². The predicted molar refractivity (Wildman–Crippen MR) is 507 cm³/mol. The van der Waals surface area contributed by atoms with Crippen molar-refractivity contribution in [2.45, 2.75) is 53.0 Å². The van der Waals surface area contributed by atoms with Gasteiger partial charge < -0.3 is 24.8 Å². The molecule has 27 rings (SSSR count). The SMILES string of the molecule is C.c1ccc2c(c1)Sc1ccc(Nc3cccc4oc5ccccc5c34)cc1C21c2ccccc2-c2ccccc21.c1ccc2c(c1)Sc1ccc(Nc3cccc4sc5ccccc5c34)cc1C21c2ccccc2-c2ccccc21.c1ccc2c(c1)Sc1cccc(Nc3cccc4oc5ccccc5c34)c1C21c2ccccc2-c2ccccc21. The molecular weight excluding hydrogens is 1550 g/mol. The van der Waals surface area contributed by atoms with E-state index in [9.17, 15) is 0 Å². The lowest BCUT2D eigenvalue weighted by Crippen LogP contribution is -2.32. The van der Waals surface area contributed by atoms with Crippen LogP contribution in [0, 0.1) is 0 Å². The van der Waals surface area contributed by atoms with Crippen LogP contribution in [0.5, 0.6) is 0 Å². The van der Waals surface area contributed by atoms with Crippen LogP contribution < -0.4 is 16.0 Å². The minimum Gasteiger partial charge on any atom is -0.456 e. The first-order chi connectivity index (χ1) is 59.5. The zero-order valence-electron chi connectivity index (χ0n) is 64.6. The molecule has 0 atom stereocenters. The molecule has 0 radical (unpaired) electrons. The summed E-state index contributed by atoms with van der Waals surface area (Å²) in [7, 11) is 0. The third-order valence-corrected chi connectivity index (χ3v) is 30.2. The molecule has 6 aliphatic rings. The molecule has 3 aliphatic heterocycles. The standard InChI is InChI=1S/2C37H23NOS.C37H23NS2.CH4/c1-4-14-26-23(11-1)24-12-2-5-15-27(24)37(26)28-16-6-8-21-33(28)40-34-22-10-18-30(36(34)37)38-29-17-9-20-32-35(29)25-13-3-7-19-31(25)39-32;1-4-13-27-24(10-1)25-11-2-5-14-28(25)37(27)29-15-6-8-19-34(29)40-35-21-20-23(22-30(35)37)38-31-16-9-18-33-36(31)26-12-3-7-17-32(26)39-33;1-4-13-27-24(10-1)25-11-2-5-14-28(25)37(27)29-15-6-8-18-33(29)40-34-21-20-23(22-30(34)37)38-31-16-9-19-35-36(31)26-12-3-7-17-32(26)39-35;/h3*1-22,38H;1H4. The molecule has 3 spiro atoms. The molecule has 18 aromatic carbocycles. The molecule has 0 unspecified atom stereocenters. The Kier molecular flexibility index (Phi) is 16.5. The van der Waals surface area contributed by atoms with E-state index in [1.54, 1.807) is 0 Å². The van der Waals surface area contributed by atoms with Crippen molar-refractivity contribution in [1.82, 2.24) is 0 Å². The van der Waals surface area contributed by atoms with Crippen LogP contribution in [-0.2, 0) is 16.2 Å². The molecule has 9 heteroatoms. The maximum atomic E-state index is 6.23. The number of nitrogens with one attached hydrogen (secondary N) is 3. The maximum Gasteiger partial charge on any atom is 0.137 e. The number of hydrogen-bond acceptors (Lipinski definition) is 9. The summed E-state index contributed by atoms with van der Waals surface area (Å²) in [5, 5.41) is 18.6. The minimum absolute atomic E-state index is 0. The predicted octanol–water partition coefficient (Wildman–Crippen LogP) is 31.6. The van der Waals surface area contributed by atoms with Gasteiger partial charge in [-0.15, -0.1) is 11.3 Å². The Morgan fingerprint density at radius 1 is 0.207 bits per heavy atom. The van der Waals surface area contributed by atoms with Gasteiger partial charge in [0.05, 0.1) is 38.4 Å². The Morgan fingerprint density at radius 3 is 0.975 bits per heavy atom. The normalized spacial score (nSPS) is 14.0. The van der Waals surface area contributed by atoms with Crippen LogP contribution in [0.1, 0.15) is 74.2 Å². The molecule has 572 valence electrons. The molecule has 3 aromatic heterocycles. The van der Waals surface area contributed by atoms with Gasteiger partial charge in [0.15, 0.2) is 0 Å². The summed E-state index contributed by atoms with van der Waals surface area (Å²) in [6.07, 6.45) is 0. The minimum atomic E-state index is -0.430. The van der Waals surface area contributed by atoms with Crippen molar-refractivity contribution in [3.8, 4) is 33.4 Å². The molecule has 6 heterocycles. The highest BCUT2D eigenvalue weighted by Crippen LogP contribution is 2.67. The molecule has 121 heavy (non-hydrogen) atoms. The first kappa shape index (κ1) is 71.3. The van der Waals surface area contributed by atoms with E-state index in [1.807, 2.05) is 77.0 Å². The second-order valence-electron chi connectivity index (χ2n) is 31.6. The van der Waals surface area contributed by atoms with Crippen LogP contribution in [0.25, 0.3) is 97.4 Å². The zero-order valence-corrected chi connectivity index (χ0v) is 67.8. The fraction of sp³-hybridized carbons (Fsp3) is 0.0357. The Labute approximate surface area is 717 Å². The van der Waals surface area contributed by atoms with Crippen molar-refractivity contribution in [3.63, 3.8) is 0 Å². The first-order valence-electron chi connectivity index (χ1n) is 40.8. The van der Waals surface area contributed by atoms with Gasteiger partial charge in [0.2, 0.25) is 0 Å². The first-order valence-corrected chi connectivity index (χ1v) is 44.1. The Hall–Kier alpha value is -13.8. The molecule has 0 saturated carbocycles. The van der Waals surface area contributed by atoms with Crippen LogP contribution in [0.15, 0.2) is 439 Å². The quantitative estimate of drug-likeness (QED) is 0.152. The molecule has 3 N–H and O–H groups in total. The lowest BCUT2D eigenvalue weighted by atomic mass is 9.66. The van der Waals surface area contributed by atoms with E-state index in [2.05, 4.69) is 386 Å². The van der Waals surface area contributed by atoms with Gasteiger partial charge in [-0.25, -0.2) is 0 Å². The lowest BCUT2D eigenvalue weighted by molar-refractivity contribution is 0.668. The van der Waals surface area contributed by atoms with E-state index in [4.69, 9.17) is 8.83 Å². The van der Waals surface area contributed by atoms with Gasteiger partial charge in [0.1, 0.15) is 22.3 Å². The maximum absolute atomic E-state index is 6.23. The van der Waals surface area contributed by atoms with E-state index in [1.165, 1.54) is 150 Å². The summed E-state index contributed by atoms with van der Waals surface area (Å²) in [5.41, 5.74) is 33.0. The van der Waals surface area contributed by atoms with E-state index in [0.717, 1.165) is 78.0 Å². The average molecular weight is 1620 g/mol. The number of anilines is 6. The van der Waals surface area contributed by atoms with E-state index in [0.29, 0.717) is 0 Å². The number of benzene rings is 18. The highest BCUT2D eigenvalue weighted by atomic mass is 32.2. The van der Waals surface area contributed by atoms with Gasteiger partial charge >= 0.3 is 0 Å². The summed E-state index contributed by atoms with van der Waals surface area (Å²) >= 11 is 7.48. The molecular formula is C112H73N3O2S4. The smallest absolute Gasteiger partial charge is 0.137 e. The highest BCUT2D eigenvalue weighted by molar-refractivity contribution is 8.00. The van der Waals surface area contributed by atoms with Crippen LogP contribution in [0.4, 0.5) is 34.1 Å². The molecule has 0 bridgehead atoms. The molecule has 0 saturated heterocycles. The van der Waals surface area contributed by atoms with E-state index < -0.39 is 5.41 Å². The summed E-state index contributed by atoms with van der Waals surface area (Å²) in [4.78, 5) is 7.84. The van der Waals surface area contributed by atoms with Crippen LogP contribution >= 0.6 is 46.6 Å². The lowest BCUT2D eigenvalue weighted by Gasteiger charge is -2.41. The average Bonchev–Trinajstić information content (AvgIpc) is 1.55. The fourth-order valence-electron chi connectivity index (χ4n) is 21.0. The number of furan rings is 2. The number of thiophene rings is 1. The van der Waals surface area contributed by atoms with Crippen LogP contribution in [0.2, 0.25) is 0 Å². The second kappa shape index (κ2) is 27.9. The topological polar surface area (TPSA) is 62.4 Å². The molecule has 3 aliphatic carbocycles. The molecule has 0 amide bonds. The van der Waals surface area contributed by atoms with E-state index in [-0.39, 0.29) is 18.3 Å².